The predicted molar refractivity (Wildman–Crippen MR) is 120 cm³/mol. The van der Waals surface area contributed by atoms with Crippen molar-refractivity contribution in [1.82, 2.24) is 14.7 Å². The van der Waals surface area contributed by atoms with Gasteiger partial charge in [-0.05, 0) is 36.6 Å². The first kappa shape index (κ1) is 23.3. The van der Waals surface area contributed by atoms with E-state index in [4.69, 9.17) is 9.47 Å². The molecule has 0 radical (unpaired) electrons. The zero-order valence-corrected chi connectivity index (χ0v) is 18.8. The number of ether oxygens (including phenoxy) is 2. The lowest BCUT2D eigenvalue weighted by Crippen LogP contribution is -2.36. The van der Waals surface area contributed by atoms with Crippen LogP contribution in [0.4, 0.5) is 0 Å². The second-order valence-electron chi connectivity index (χ2n) is 7.22. The van der Waals surface area contributed by atoms with Crippen LogP contribution in [-0.4, -0.2) is 39.2 Å². The van der Waals surface area contributed by atoms with Crippen molar-refractivity contribution in [2.45, 2.75) is 24.2 Å². The number of methoxy groups -OCH3 is 2. The molecule has 3 aromatic rings. The maximum atomic E-state index is 12.9. The van der Waals surface area contributed by atoms with Crippen molar-refractivity contribution in [2.75, 3.05) is 20.8 Å². The highest BCUT2D eigenvalue weighted by atomic mass is 32.2. The molecule has 3 rings (SSSR count). The molecule has 0 aliphatic carbocycles. The summed E-state index contributed by atoms with van der Waals surface area (Å²) in [4.78, 5) is 27.3. The van der Waals surface area contributed by atoms with Gasteiger partial charge in [0, 0.05) is 18.2 Å². The van der Waals surface area contributed by atoms with Gasteiger partial charge in [0.2, 0.25) is 10.0 Å². The second kappa shape index (κ2) is 9.84. The van der Waals surface area contributed by atoms with Gasteiger partial charge in [-0.2, -0.15) is 0 Å². The quantitative estimate of drug-likeness (QED) is 0.446. The van der Waals surface area contributed by atoms with Crippen molar-refractivity contribution in [3.63, 3.8) is 0 Å². The van der Waals surface area contributed by atoms with Gasteiger partial charge in [-0.3, -0.25) is 9.78 Å². The van der Waals surface area contributed by atoms with E-state index in [0.29, 0.717) is 17.9 Å². The van der Waals surface area contributed by atoms with E-state index in [-0.39, 0.29) is 18.2 Å². The Balaban J connectivity index is 1.94. The van der Waals surface area contributed by atoms with Crippen LogP contribution in [0, 0.1) is 6.92 Å². The van der Waals surface area contributed by atoms with Gasteiger partial charge < -0.3 is 14.5 Å². The first-order chi connectivity index (χ1) is 15.2. The van der Waals surface area contributed by atoms with E-state index in [2.05, 4.69) is 9.71 Å². The topological polar surface area (TPSA) is 130 Å². The molecule has 1 heterocycles. The third-order valence-corrected chi connectivity index (χ3v) is 6.64. The minimum Gasteiger partial charge on any atom is -0.493 e. The minimum absolute atomic E-state index is 0.0186. The summed E-state index contributed by atoms with van der Waals surface area (Å²) in [5, 5.41) is 0. The molecular weight excluding hydrogens is 434 g/mol. The van der Waals surface area contributed by atoms with Crippen LogP contribution in [0.2, 0.25) is 0 Å². The van der Waals surface area contributed by atoms with E-state index >= 15 is 0 Å². The lowest BCUT2D eigenvalue weighted by atomic mass is 9.92. The van der Waals surface area contributed by atoms with Gasteiger partial charge >= 0.3 is 5.69 Å². The molecule has 9 nitrogen and oxygen atoms in total. The van der Waals surface area contributed by atoms with Gasteiger partial charge in [0.15, 0.2) is 16.4 Å². The maximum Gasteiger partial charge on any atom is 0.325 e. The molecule has 0 saturated heterocycles. The normalized spacial score (nSPS) is 12.3. The highest BCUT2D eigenvalue weighted by Gasteiger charge is 2.24. The average Bonchev–Trinajstić information content (AvgIpc) is 2.76. The van der Waals surface area contributed by atoms with E-state index in [0.717, 1.165) is 11.1 Å². The molecule has 2 aromatic carbocycles. The Hall–Kier alpha value is -3.37. The number of hydrogen-bond donors (Lipinski definition) is 3. The minimum atomic E-state index is -4.18. The number of hydrogen-bond acceptors (Lipinski definition) is 6. The fourth-order valence-electron chi connectivity index (χ4n) is 3.51. The number of aromatic amines is 2. The number of benzene rings is 2. The highest BCUT2D eigenvalue weighted by Crippen LogP contribution is 2.32. The van der Waals surface area contributed by atoms with Crippen LogP contribution in [0.25, 0.3) is 0 Å². The Labute approximate surface area is 185 Å². The summed E-state index contributed by atoms with van der Waals surface area (Å²) in [5.41, 5.74) is 0.0889. The van der Waals surface area contributed by atoms with Gasteiger partial charge in [0.1, 0.15) is 0 Å². The molecule has 170 valence electrons. The van der Waals surface area contributed by atoms with Crippen LogP contribution >= 0.6 is 0 Å². The smallest absolute Gasteiger partial charge is 0.325 e. The molecule has 0 aliphatic rings. The molecule has 0 saturated carbocycles. The van der Waals surface area contributed by atoms with Gasteiger partial charge in [-0.1, -0.05) is 36.4 Å². The molecule has 0 unspecified atom stereocenters. The van der Waals surface area contributed by atoms with Crippen LogP contribution in [-0.2, 0) is 16.4 Å². The standard InChI is InChI=1S/C22H25N3O6S/c1-14-20(21(26)25-22(27)24-14)32(28,29)23-13-17(11-15-7-5-4-6-8-15)16-9-10-18(30-2)19(12-16)31-3/h4-10,12,17,23H,11,13H2,1-3H3,(H2,24,25,26,27)/t17-/m1/s1. The summed E-state index contributed by atoms with van der Waals surface area (Å²) in [6.07, 6.45) is 0.541. The van der Waals surface area contributed by atoms with Crippen LogP contribution in [0.1, 0.15) is 22.7 Å². The fourth-order valence-corrected chi connectivity index (χ4v) is 4.82. The van der Waals surface area contributed by atoms with Crippen LogP contribution < -0.4 is 25.4 Å². The van der Waals surface area contributed by atoms with E-state index < -0.39 is 26.2 Å². The number of aromatic nitrogens is 2. The predicted octanol–water partition coefficient (Wildman–Crippen LogP) is 1.69. The maximum absolute atomic E-state index is 12.9. The van der Waals surface area contributed by atoms with E-state index in [1.165, 1.54) is 21.1 Å². The van der Waals surface area contributed by atoms with E-state index in [9.17, 15) is 18.0 Å². The number of rotatable bonds is 9. The summed E-state index contributed by atoms with van der Waals surface area (Å²) in [7, 11) is -1.11. The third-order valence-electron chi connectivity index (χ3n) is 5.07. The molecule has 0 fully saturated rings. The summed E-state index contributed by atoms with van der Waals surface area (Å²) < 4.78 is 39.0. The first-order valence-electron chi connectivity index (χ1n) is 9.84. The van der Waals surface area contributed by atoms with Gasteiger partial charge in [0.05, 0.1) is 14.2 Å². The van der Waals surface area contributed by atoms with Gasteiger partial charge in [0.25, 0.3) is 5.56 Å². The number of nitrogens with one attached hydrogen (secondary N) is 3. The summed E-state index contributed by atoms with van der Waals surface area (Å²) in [6.45, 7) is 1.38. The lowest BCUT2D eigenvalue weighted by Gasteiger charge is -2.20. The van der Waals surface area contributed by atoms with Crippen LogP contribution in [0.15, 0.2) is 63.0 Å². The van der Waals surface area contributed by atoms with Crippen molar-refractivity contribution in [2.24, 2.45) is 0 Å². The lowest BCUT2D eigenvalue weighted by molar-refractivity contribution is 0.354. The Morgan fingerprint density at radius 1 is 0.969 bits per heavy atom. The van der Waals surface area contributed by atoms with E-state index in [1.807, 2.05) is 41.4 Å². The number of aryl methyl sites for hydroxylation is 1. The molecule has 32 heavy (non-hydrogen) atoms. The largest absolute Gasteiger partial charge is 0.493 e. The van der Waals surface area contributed by atoms with E-state index in [1.54, 1.807) is 12.1 Å². The number of sulfonamides is 1. The second-order valence-corrected chi connectivity index (χ2v) is 8.92. The molecule has 0 amide bonds. The van der Waals surface area contributed by atoms with Crippen LogP contribution in [0.3, 0.4) is 0 Å². The Kier molecular flexibility index (Phi) is 7.16. The fraction of sp³-hybridized carbons (Fsp3) is 0.273. The van der Waals surface area contributed by atoms with Gasteiger partial charge in [-0.15, -0.1) is 0 Å². The summed E-state index contributed by atoms with van der Waals surface area (Å²) in [6, 6.07) is 15.1. The third kappa shape index (κ3) is 5.27. The summed E-state index contributed by atoms with van der Waals surface area (Å²) in [5.74, 6) is 0.818. The summed E-state index contributed by atoms with van der Waals surface area (Å²) >= 11 is 0. The number of H-pyrrole nitrogens is 2. The molecule has 10 heteroatoms. The Morgan fingerprint density at radius 3 is 2.28 bits per heavy atom. The molecule has 1 aromatic heterocycles. The highest BCUT2D eigenvalue weighted by molar-refractivity contribution is 7.89. The van der Waals surface area contributed by atoms with Crippen molar-refractivity contribution < 1.29 is 17.9 Å². The Morgan fingerprint density at radius 2 is 1.66 bits per heavy atom. The molecule has 0 aliphatic heterocycles. The van der Waals surface area contributed by atoms with Crippen molar-refractivity contribution in [1.29, 1.82) is 0 Å². The SMILES string of the molecule is COc1ccc([C@@H](CNS(=O)(=O)c2c(C)[nH]c(=O)[nH]c2=O)Cc2ccccc2)cc1OC. The van der Waals surface area contributed by atoms with Crippen molar-refractivity contribution in [3.05, 3.63) is 86.2 Å². The van der Waals surface area contributed by atoms with Crippen molar-refractivity contribution >= 4 is 10.0 Å². The average molecular weight is 460 g/mol. The monoisotopic (exact) mass is 459 g/mol. The molecule has 0 spiro atoms. The molecular formula is C22H25N3O6S. The Bertz CT molecular complexity index is 1300. The van der Waals surface area contributed by atoms with Crippen LogP contribution in [0.5, 0.6) is 11.5 Å². The molecule has 3 N–H and O–H groups in total. The van der Waals surface area contributed by atoms with Crippen molar-refractivity contribution in [3.8, 4) is 11.5 Å². The van der Waals surface area contributed by atoms with Gasteiger partial charge in [-0.25, -0.2) is 17.9 Å². The molecule has 0 bridgehead atoms. The molecule has 1 atom stereocenters. The zero-order valence-electron chi connectivity index (χ0n) is 18.0. The zero-order chi connectivity index (χ0) is 23.3. The first-order valence-corrected chi connectivity index (χ1v) is 11.3.